The van der Waals surface area contributed by atoms with Gasteiger partial charge in [0.25, 0.3) is 0 Å². The zero-order valence-corrected chi connectivity index (χ0v) is 11.1. The first-order valence-corrected chi connectivity index (χ1v) is 6.30. The van der Waals surface area contributed by atoms with Crippen LogP contribution in [0.1, 0.15) is 11.5 Å². The molecule has 0 radical (unpaired) electrons. The van der Waals surface area contributed by atoms with Crippen molar-refractivity contribution in [3.63, 3.8) is 0 Å². The van der Waals surface area contributed by atoms with Crippen molar-refractivity contribution in [2.24, 2.45) is 5.92 Å². The molecule has 0 aromatic heterocycles. The third-order valence-electron chi connectivity index (χ3n) is 3.35. The number of rotatable bonds is 3. The van der Waals surface area contributed by atoms with E-state index in [-0.39, 0.29) is 0 Å². The maximum Gasteiger partial charge on any atom is 0.198 e. The van der Waals surface area contributed by atoms with Crippen LogP contribution in [0.3, 0.4) is 0 Å². The molecule has 0 aliphatic heterocycles. The lowest BCUT2D eigenvalue weighted by atomic mass is 9.83. The van der Waals surface area contributed by atoms with Crippen molar-refractivity contribution in [2.75, 3.05) is 14.1 Å². The van der Waals surface area contributed by atoms with Gasteiger partial charge in [0.15, 0.2) is 5.71 Å². The van der Waals surface area contributed by atoms with Crippen LogP contribution >= 0.6 is 0 Å². The summed E-state index contributed by atoms with van der Waals surface area (Å²) in [5.41, 5.74) is 2.56. The average Bonchev–Trinajstić information content (AvgIpc) is 2.41. The summed E-state index contributed by atoms with van der Waals surface area (Å²) in [6.45, 7) is 3.98. The molecule has 0 heterocycles. The maximum absolute atomic E-state index is 3.98. The summed E-state index contributed by atoms with van der Waals surface area (Å²) in [5.74, 6) is 0.746. The molecule has 0 fully saturated rings. The highest BCUT2D eigenvalue weighted by Gasteiger charge is 2.18. The van der Waals surface area contributed by atoms with E-state index in [9.17, 15) is 0 Å². The van der Waals surface area contributed by atoms with E-state index in [1.165, 1.54) is 11.3 Å². The van der Waals surface area contributed by atoms with Gasteiger partial charge in [-0.15, -0.1) is 6.58 Å². The van der Waals surface area contributed by atoms with Gasteiger partial charge in [-0.3, -0.25) is 0 Å². The molecule has 0 saturated carbocycles. The molecule has 1 aromatic rings. The molecule has 1 aliphatic carbocycles. The van der Waals surface area contributed by atoms with Crippen molar-refractivity contribution >= 4 is 5.71 Å². The van der Waals surface area contributed by atoms with Gasteiger partial charge >= 0.3 is 0 Å². The first-order chi connectivity index (χ1) is 8.72. The fourth-order valence-corrected chi connectivity index (χ4v) is 2.27. The lowest BCUT2D eigenvalue weighted by Crippen LogP contribution is -2.15. The fraction of sp³-hybridized carbons (Fsp3) is 0.235. The quantitative estimate of drug-likeness (QED) is 0.561. The molecule has 0 spiro atoms. The molecule has 0 unspecified atom stereocenters. The Morgan fingerprint density at radius 3 is 2.22 bits per heavy atom. The van der Waals surface area contributed by atoms with Gasteiger partial charge in [0, 0.05) is 24.0 Å². The van der Waals surface area contributed by atoms with Gasteiger partial charge in [0.2, 0.25) is 0 Å². The summed E-state index contributed by atoms with van der Waals surface area (Å²) < 4.78 is 2.12. The van der Waals surface area contributed by atoms with Crippen LogP contribution in [0.2, 0.25) is 0 Å². The van der Waals surface area contributed by atoms with Crippen LogP contribution in [0.25, 0.3) is 0 Å². The fourth-order valence-electron chi connectivity index (χ4n) is 2.27. The van der Waals surface area contributed by atoms with Crippen LogP contribution in [-0.2, 0) is 0 Å². The summed E-state index contributed by atoms with van der Waals surface area (Å²) >= 11 is 0. The molecule has 1 nitrogen and oxygen atoms in total. The molecule has 92 valence electrons. The second-order valence-electron chi connectivity index (χ2n) is 4.79. The predicted molar refractivity (Wildman–Crippen MR) is 78.3 cm³/mol. The van der Waals surface area contributed by atoms with Crippen LogP contribution in [0, 0.1) is 5.92 Å². The molecule has 1 atom stereocenters. The summed E-state index contributed by atoms with van der Waals surface area (Å²) in [7, 11) is 4.12. The number of nitrogens with zero attached hydrogens (tertiary/aromatic N) is 1. The molecule has 1 heteroatoms. The van der Waals surface area contributed by atoms with Crippen LogP contribution in [0.5, 0.6) is 0 Å². The third kappa shape index (κ3) is 2.67. The second-order valence-corrected chi connectivity index (χ2v) is 4.79. The van der Waals surface area contributed by atoms with Crippen molar-refractivity contribution in [3.05, 3.63) is 72.9 Å². The van der Waals surface area contributed by atoms with Crippen molar-refractivity contribution in [3.8, 4) is 0 Å². The van der Waals surface area contributed by atoms with Gasteiger partial charge in [-0.1, -0.05) is 48.6 Å². The van der Waals surface area contributed by atoms with Gasteiger partial charge < -0.3 is 0 Å². The highest BCUT2D eigenvalue weighted by molar-refractivity contribution is 6.01. The van der Waals surface area contributed by atoms with E-state index >= 15 is 0 Å². The zero-order valence-electron chi connectivity index (χ0n) is 11.1. The number of allylic oxidation sites excluding steroid dienone is 5. The SMILES string of the molecule is C=C[C@H](c1ccccc1)C1C=CC(=[N+](C)C)C=C1. The largest absolute Gasteiger partial charge is 0.235 e. The first kappa shape index (κ1) is 12.6. The minimum absolute atomic E-state index is 0.349. The van der Waals surface area contributed by atoms with E-state index < -0.39 is 0 Å². The molecule has 2 rings (SSSR count). The highest BCUT2D eigenvalue weighted by Crippen LogP contribution is 2.29. The predicted octanol–water partition coefficient (Wildman–Crippen LogP) is 3.41. The van der Waals surface area contributed by atoms with Crippen LogP contribution < -0.4 is 0 Å². The van der Waals surface area contributed by atoms with E-state index in [1.807, 2.05) is 12.1 Å². The molecule has 0 bridgehead atoms. The summed E-state index contributed by atoms with van der Waals surface area (Å²) in [6, 6.07) is 10.5. The van der Waals surface area contributed by atoms with E-state index in [2.05, 4.69) is 73.8 Å². The summed E-state index contributed by atoms with van der Waals surface area (Å²) in [4.78, 5) is 0. The molecule has 0 N–H and O–H groups in total. The lowest BCUT2D eigenvalue weighted by Gasteiger charge is -2.20. The molecular formula is C17H20N+. The molecule has 0 saturated heterocycles. The Balaban J connectivity index is 2.23. The topological polar surface area (TPSA) is 3.01 Å². The Morgan fingerprint density at radius 2 is 1.72 bits per heavy atom. The number of benzene rings is 1. The Hall–Kier alpha value is -1.89. The maximum atomic E-state index is 3.98. The second kappa shape index (κ2) is 5.63. The van der Waals surface area contributed by atoms with Crippen molar-refractivity contribution in [1.82, 2.24) is 0 Å². The van der Waals surface area contributed by atoms with Gasteiger partial charge in [0.1, 0.15) is 14.1 Å². The van der Waals surface area contributed by atoms with E-state index in [4.69, 9.17) is 0 Å². The zero-order chi connectivity index (χ0) is 13.0. The molecule has 1 aliphatic rings. The van der Waals surface area contributed by atoms with Gasteiger partial charge in [0.05, 0.1) is 0 Å². The Labute approximate surface area is 109 Å². The van der Waals surface area contributed by atoms with E-state index in [1.54, 1.807) is 0 Å². The number of hydrogen-bond donors (Lipinski definition) is 0. The van der Waals surface area contributed by atoms with E-state index in [0.29, 0.717) is 11.8 Å². The Morgan fingerprint density at radius 1 is 1.11 bits per heavy atom. The third-order valence-corrected chi connectivity index (χ3v) is 3.35. The van der Waals surface area contributed by atoms with Crippen molar-refractivity contribution in [1.29, 1.82) is 0 Å². The molecule has 0 amide bonds. The van der Waals surface area contributed by atoms with Crippen LogP contribution in [0.4, 0.5) is 0 Å². The van der Waals surface area contributed by atoms with Crippen LogP contribution in [0.15, 0.2) is 67.3 Å². The molecule has 1 aromatic carbocycles. The average molecular weight is 238 g/mol. The monoisotopic (exact) mass is 238 g/mol. The Kier molecular flexibility index (Phi) is 3.93. The smallest absolute Gasteiger partial charge is 0.198 e. The van der Waals surface area contributed by atoms with Gasteiger partial charge in [-0.2, -0.15) is 0 Å². The minimum atomic E-state index is 0.349. The van der Waals surface area contributed by atoms with Crippen LogP contribution in [-0.4, -0.2) is 24.4 Å². The van der Waals surface area contributed by atoms with Gasteiger partial charge in [-0.25, -0.2) is 4.58 Å². The highest BCUT2D eigenvalue weighted by atomic mass is 14.9. The lowest BCUT2D eigenvalue weighted by molar-refractivity contribution is -0.462. The molecular weight excluding hydrogens is 218 g/mol. The Bertz CT molecular complexity index is 486. The minimum Gasteiger partial charge on any atom is -0.235 e. The van der Waals surface area contributed by atoms with Crippen molar-refractivity contribution in [2.45, 2.75) is 5.92 Å². The molecule has 18 heavy (non-hydrogen) atoms. The number of hydrogen-bond acceptors (Lipinski definition) is 0. The normalized spacial score (nSPS) is 19.7. The standard InChI is InChI=1S/C17H20N/c1-4-17(14-8-6-5-7-9-14)15-10-12-16(13-11-15)18(2)3/h4-13,15,17H,1H2,2-3H3/q+1/t17-/m1/s1. The van der Waals surface area contributed by atoms with Gasteiger partial charge in [-0.05, 0) is 5.56 Å². The first-order valence-electron chi connectivity index (χ1n) is 6.30. The summed E-state index contributed by atoms with van der Waals surface area (Å²) in [6.07, 6.45) is 10.9. The van der Waals surface area contributed by atoms with E-state index in [0.717, 1.165) is 0 Å². The van der Waals surface area contributed by atoms with Crippen molar-refractivity contribution < 1.29 is 4.58 Å². The summed E-state index contributed by atoms with van der Waals surface area (Å²) in [5, 5.41) is 0.